The Morgan fingerprint density at radius 2 is 1.71 bits per heavy atom. The van der Waals surface area contributed by atoms with Gasteiger partial charge in [0.15, 0.2) is 6.61 Å². The molecule has 1 fully saturated rings. The van der Waals surface area contributed by atoms with E-state index in [1.54, 1.807) is 24.3 Å². The Bertz CT molecular complexity index is 1040. The number of oxime groups is 1. The number of amides is 1. The van der Waals surface area contributed by atoms with E-state index in [2.05, 4.69) is 15.2 Å². The fourth-order valence-corrected chi connectivity index (χ4v) is 4.52. The zero-order chi connectivity index (χ0) is 22.3. The number of rotatable bonds is 8. The number of hydrogen-bond acceptors (Lipinski definition) is 7. The topological polar surface area (TPSA) is 114 Å². The minimum Gasteiger partial charge on any atom is -0.465 e. The summed E-state index contributed by atoms with van der Waals surface area (Å²) in [4.78, 5) is 28.5. The van der Waals surface area contributed by atoms with E-state index >= 15 is 0 Å². The number of nitrogens with zero attached hydrogens (tertiary/aromatic N) is 2. The molecule has 0 atom stereocenters. The van der Waals surface area contributed by atoms with Crippen molar-refractivity contribution in [3.8, 4) is 0 Å². The summed E-state index contributed by atoms with van der Waals surface area (Å²) >= 11 is 0. The van der Waals surface area contributed by atoms with E-state index in [-0.39, 0.29) is 11.5 Å². The molecule has 1 aliphatic rings. The van der Waals surface area contributed by atoms with Crippen LogP contribution >= 0.6 is 0 Å². The quantitative estimate of drug-likeness (QED) is 0.379. The highest BCUT2D eigenvalue weighted by Crippen LogP contribution is 2.22. The highest BCUT2D eigenvalue weighted by atomic mass is 32.2. The number of esters is 1. The maximum Gasteiger partial charge on any atom is 0.337 e. The third-order valence-electron chi connectivity index (χ3n) is 4.64. The molecule has 1 heterocycles. The van der Waals surface area contributed by atoms with Crippen molar-refractivity contribution in [2.75, 3.05) is 32.1 Å². The van der Waals surface area contributed by atoms with Crippen molar-refractivity contribution >= 4 is 33.8 Å². The number of carbonyl (C=O) groups is 2. The van der Waals surface area contributed by atoms with Gasteiger partial charge in [0.25, 0.3) is 5.91 Å². The molecule has 9 nitrogen and oxygen atoms in total. The molecule has 0 spiro atoms. The largest absolute Gasteiger partial charge is 0.465 e. The Morgan fingerprint density at radius 1 is 1.06 bits per heavy atom. The lowest BCUT2D eigenvalue weighted by atomic mass is 10.1. The minimum atomic E-state index is -3.49. The van der Waals surface area contributed by atoms with Gasteiger partial charge in [-0.2, -0.15) is 4.31 Å². The third-order valence-corrected chi connectivity index (χ3v) is 6.56. The van der Waals surface area contributed by atoms with Crippen LogP contribution in [-0.4, -0.2) is 57.6 Å². The summed E-state index contributed by atoms with van der Waals surface area (Å²) in [5.74, 6) is -0.869. The summed E-state index contributed by atoms with van der Waals surface area (Å²) in [6.45, 7) is 0.757. The number of sulfonamides is 1. The molecule has 0 bridgehead atoms. The van der Waals surface area contributed by atoms with E-state index in [1.807, 2.05) is 0 Å². The van der Waals surface area contributed by atoms with Crippen LogP contribution in [-0.2, 0) is 24.4 Å². The SMILES string of the molecule is COC(=O)c1ccc(C=NOCC(=O)Nc2ccc(S(=O)(=O)N3CCCC3)cc2)cc1. The van der Waals surface area contributed by atoms with Gasteiger partial charge in [0.05, 0.1) is 23.8 Å². The fourth-order valence-electron chi connectivity index (χ4n) is 3.00. The molecule has 0 saturated carbocycles. The van der Waals surface area contributed by atoms with Gasteiger partial charge in [-0.25, -0.2) is 13.2 Å². The molecule has 3 rings (SSSR count). The van der Waals surface area contributed by atoms with Crippen molar-refractivity contribution in [2.45, 2.75) is 17.7 Å². The molecule has 10 heteroatoms. The molecule has 1 amide bonds. The van der Waals surface area contributed by atoms with Crippen molar-refractivity contribution in [3.63, 3.8) is 0 Å². The first-order valence-electron chi connectivity index (χ1n) is 9.64. The summed E-state index contributed by atoms with van der Waals surface area (Å²) in [6.07, 6.45) is 3.15. The lowest BCUT2D eigenvalue weighted by molar-refractivity contribution is -0.120. The summed E-state index contributed by atoms with van der Waals surface area (Å²) in [5, 5.41) is 6.34. The first kappa shape index (κ1) is 22.4. The molecule has 1 N–H and O–H groups in total. The number of benzene rings is 2. The van der Waals surface area contributed by atoms with Crippen molar-refractivity contribution < 1.29 is 27.6 Å². The number of ether oxygens (including phenoxy) is 1. The zero-order valence-electron chi connectivity index (χ0n) is 17.0. The van der Waals surface area contributed by atoms with E-state index in [0.717, 1.165) is 12.8 Å². The Kier molecular flexibility index (Phi) is 7.37. The van der Waals surface area contributed by atoms with Crippen molar-refractivity contribution in [3.05, 3.63) is 59.7 Å². The summed E-state index contributed by atoms with van der Waals surface area (Å²) in [6, 6.07) is 12.5. The second-order valence-corrected chi connectivity index (χ2v) is 8.74. The number of carbonyl (C=O) groups excluding carboxylic acids is 2. The first-order valence-corrected chi connectivity index (χ1v) is 11.1. The lowest BCUT2D eigenvalue weighted by Gasteiger charge is -2.15. The number of hydrogen-bond donors (Lipinski definition) is 1. The van der Waals surface area contributed by atoms with Gasteiger partial charge in [-0.3, -0.25) is 4.79 Å². The maximum atomic E-state index is 12.5. The van der Waals surface area contributed by atoms with Crippen LogP contribution in [0, 0.1) is 0 Å². The van der Waals surface area contributed by atoms with Gasteiger partial charge in [-0.15, -0.1) is 0 Å². The fraction of sp³-hybridized carbons (Fsp3) is 0.286. The second-order valence-electron chi connectivity index (χ2n) is 6.81. The predicted octanol–water partition coefficient (Wildman–Crippen LogP) is 2.25. The Morgan fingerprint density at radius 3 is 2.32 bits per heavy atom. The lowest BCUT2D eigenvalue weighted by Crippen LogP contribution is -2.27. The van der Waals surface area contributed by atoms with Gasteiger partial charge >= 0.3 is 5.97 Å². The van der Waals surface area contributed by atoms with Gasteiger partial charge in [0, 0.05) is 18.8 Å². The van der Waals surface area contributed by atoms with Crippen molar-refractivity contribution in [1.82, 2.24) is 4.31 Å². The van der Waals surface area contributed by atoms with Crippen LogP contribution in [0.15, 0.2) is 58.6 Å². The van der Waals surface area contributed by atoms with Gasteiger partial charge in [-0.05, 0) is 54.8 Å². The second kappa shape index (κ2) is 10.2. The Labute approximate surface area is 180 Å². The van der Waals surface area contributed by atoms with E-state index in [9.17, 15) is 18.0 Å². The average molecular weight is 445 g/mol. The third kappa shape index (κ3) is 5.89. The van der Waals surface area contributed by atoms with E-state index < -0.39 is 21.9 Å². The molecule has 2 aromatic rings. The van der Waals surface area contributed by atoms with Gasteiger partial charge in [0.2, 0.25) is 10.0 Å². The van der Waals surface area contributed by atoms with Crippen LogP contribution in [0.5, 0.6) is 0 Å². The zero-order valence-corrected chi connectivity index (χ0v) is 17.8. The van der Waals surface area contributed by atoms with Crippen LogP contribution < -0.4 is 5.32 Å². The molecule has 1 saturated heterocycles. The molecule has 164 valence electrons. The van der Waals surface area contributed by atoms with Gasteiger partial charge in [-0.1, -0.05) is 17.3 Å². The molecule has 0 aromatic heterocycles. The summed E-state index contributed by atoms with van der Waals surface area (Å²) in [5.41, 5.74) is 1.55. The average Bonchev–Trinajstić information content (AvgIpc) is 3.33. The molecule has 1 aliphatic heterocycles. The Hall–Kier alpha value is -3.24. The number of methoxy groups -OCH3 is 1. The molecule has 2 aromatic carbocycles. The molecule has 31 heavy (non-hydrogen) atoms. The van der Waals surface area contributed by atoms with E-state index in [4.69, 9.17) is 4.84 Å². The first-order chi connectivity index (χ1) is 14.9. The van der Waals surface area contributed by atoms with E-state index in [1.165, 1.54) is 41.9 Å². The standard InChI is InChI=1S/C21H23N3O6S/c1-29-21(26)17-6-4-16(5-7-17)14-22-30-15-20(25)23-18-8-10-19(11-9-18)31(27,28)24-12-2-3-13-24/h4-11,14H,2-3,12-13,15H2,1H3,(H,23,25). The van der Waals surface area contributed by atoms with Gasteiger partial charge < -0.3 is 14.9 Å². The number of nitrogens with one attached hydrogen (secondary N) is 1. The van der Waals surface area contributed by atoms with Crippen molar-refractivity contribution in [2.24, 2.45) is 5.16 Å². The maximum absolute atomic E-state index is 12.5. The summed E-state index contributed by atoms with van der Waals surface area (Å²) in [7, 11) is -2.18. The van der Waals surface area contributed by atoms with Gasteiger partial charge in [0.1, 0.15) is 0 Å². The Balaban J connectivity index is 1.47. The molecule has 0 unspecified atom stereocenters. The van der Waals surface area contributed by atoms with Crippen LogP contribution in [0.4, 0.5) is 5.69 Å². The minimum absolute atomic E-state index is 0.200. The molecular weight excluding hydrogens is 422 g/mol. The van der Waals surface area contributed by atoms with Crippen LogP contribution in [0.1, 0.15) is 28.8 Å². The van der Waals surface area contributed by atoms with Crippen LogP contribution in [0.25, 0.3) is 0 Å². The van der Waals surface area contributed by atoms with Crippen molar-refractivity contribution in [1.29, 1.82) is 0 Å². The highest BCUT2D eigenvalue weighted by Gasteiger charge is 2.26. The summed E-state index contributed by atoms with van der Waals surface area (Å²) < 4.78 is 31.1. The highest BCUT2D eigenvalue weighted by molar-refractivity contribution is 7.89. The monoisotopic (exact) mass is 445 g/mol. The normalized spacial score (nSPS) is 14.5. The number of anilines is 1. The molecular formula is C21H23N3O6S. The smallest absolute Gasteiger partial charge is 0.337 e. The molecule has 0 radical (unpaired) electrons. The predicted molar refractivity (Wildman–Crippen MR) is 114 cm³/mol. The van der Waals surface area contributed by atoms with E-state index in [0.29, 0.717) is 29.9 Å². The van der Waals surface area contributed by atoms with Crippen LogP contribution in [0.3, 0.4) is 0 Å². The molecule has 0 aliphatic carbocycles. The van der Waals surface area contributed by atoms with Crippen LogP contribution in [0.2, 0.25) is 0 Å².